The second kappa shape index (κ2) is 9.00. The summed E-state index contributed by atoms with van der Waals surface area (Å²) < 4.78 is 0. The fraction of sp³-hybridized carbons (Fsp3) is 1.00. The van der Waals surface area contributed by atoms with E-state index in [1.165, 1.54) is 51.4 Å². The van der Waals surface area contributed by atoms with E-state index in [1.807, 2.05) is 0 Å². The van der Waals surface area contributed by atoms with Crippen LogP contribution >= 0.6 is 0 Å². The Kier molecular flexibility index (Phi) is 9.00. The van der Waals surface area contributed by atoms with Gasteiger partial charge in [0.15, 0.2) is 0 Å². The van der Waals surface area contributed by atoms with Crippen LogP contribution in [0.3, 0.4) is 0 Å². The molecule has 0 saturated carbocycles. The maximum atomic E-state index is 2.43. The molecular weight excluding hydrogens is 204 g/mol. The first-order valence-corrected chi connectivity index (χ1v) is 7.98. The molecule has 0 rings (SSSR count). The summed E-state index contributed by atoms with van der Waals surface area (Å²) in [6.07, 6.45) is 11.3. The lowest BCUT2D eigenvalue weighted by molar-refractivity contribution is 0.130. The number of unbranched alkanes of at least 4 members (excludes halogenated alkanes) is 3. The van der Waals surface area contributed by atoms with Gasteiger partial charge in [0.2, 0.25) is 0 Å². The Bertz CT molecular complexity index is 169. The van der Waals surface area contributed by atoms with Gasteiger partial charge in [0.1, 0.15) is 0 Å². The second-order valence-electron chi connectivity index (χ2n) is 6.61. The van der Waals surface area contributed by atoms with Gasteiger partial charge in [-0.3, -0.25) is 0 Å². The van der Waals surface area contributed by atoms with E-state index in [0.29, 0.717) is 5.41 Å². The molecule has 0 aliphatic heterocycles. The zero-order chi connectivity index (χ0) is 13.3. The lowest BCUT2D eigenvalue weighted by Gasteiger charge is -2.38. The number of rotatable bonds is 10. The maximum Gasteiger partial charge on any atom is -0.0277 e. The highest BCUT2D eigenvalue weighted by molar-refractivity contribution is 4.81. The molecule has 0 amide bonds. The average Bonchev–Trinajstić information content (AvgIpc) is 2.28. The molecule has 0 fully saturated rings. The van der Waals surface area contributed by atoms with Gasteiger partial charge < -0.3 is 0 Å². The predicted octanol–water partition coefficient (Wildman–Crippen LogP) is 6.45. The normalized spacial score (nSPS) is 15.5. The minimum Gasteiger partial charge on any atom is -0.0654 e. The lowest BCUT2D eigenvalue weighted by Crippen LogP contribution is -2.27. The first kappa shape index (κ1) is 17.0. The van der Waals surface area contributed by atoms with E-state index in [2.05, 4.69) is 41.5 Å². The summed E-state index contributed by atoms with van der Waals surface area (Å²) in [6.45, 7) is 14.3. The standard InChI is InChI=1S/C17H36/c1-7-9-10-11-13-17(8-2,16(5)6)14-12-15(3)4/h15-16H,7-14H2,1-6H3. The number of hydrogen-bond acceptors (Lipinski definition) is 0. The van der Waals surface area contributed by atoms with Crippen LogP contribution in [0.15, 0.2) is 0 Å². The van der Waals surface area contributed by atoms with Gasteiger partial charge >= 0.3 is 0 Å². The Morgan fingerprint density at radius 2 is 1.47 bits per heavy atom. The number of hydrogen-bond donors (Lipinski definition) is 0. The van der Waals surface area contributed by atoms with Crippen LogP contribution in [-0.2, 0) is 0 Å². The molecule has 17 heavy (non-hydrogen) atoms. The van der Waals surface area contributed by atoms with Crippen LogP contribution in [0.2, 0.25) is 0 Å². The van der Waals surface area contributed by atoms with E-state index in [4.69, 9.17) is 0 Å². The van der Waals surface area contributed by atoms with E-state index >= 15 is 0 Å². The summed E-state index contributed by atoms with van der Waals surface area (Å²) in [7, 11) is 0. The van der Waals surface area contributed by atoms with E-state index in [9.17, 15) is 0 Å². The largest absolute Gasteiger partial charge is 0.0654 e. The van der Waals surface area contributed by atoms with Gasteiger partial charge in [0, 0.05) is 0 Å². The van der Waals surface area contributed by atoms with Gasteiger partial charge in [-0.2, -0.15) is 0 Å². The fourth-order valence-corrected chi connectivity index (χ4v) is 2.94. The Morgan fingerprint density at radius 1 is 0.824 bits per heavy atom. The quantitative estimate of drug-likeness (QED) is 0.385. The van der Waals surface area contributed by atoms with Crippen molar-refractivity contribution in [1.29, 1.82) is 0 Å². The molecule has 0 aliphatic carbocycles. The molecule has 0 aromatic rings. The Labute approximate surface area is 111 Å². The van der Waals surface area contributed by atoms with Gasteiger partial charge in [-0.15, -0.1) is 0 Å². The molecule has 0 aromatic carbocycles. The Balaban J connectivity index is 4.27. The predicted molar refractivity (Wildman–Crippen MR) is 80.4 cm³/mol. The van der Waals surface area contributed by atoms with Crippen LogP contribution in [0.1, 0.15) is 92.9 Å². The monoisotopic (exact) mass is 240 g/mol. The van der Waals surface area contributed by atoms with Gasteiger partial charge in [0.05, 0.1) is 0 Å². The summed E-state index contributed by atoms with van der Waals surface area (Å²) in [6, 6.07) is 0. The minimum absolute atomic E-state index is 0.623. The van der Waals surface area contributed by atoms with Crippen LogP contribution in [-0.4, -0.2) is 0 Å². The molecule has 0 nitrogen and oxygen atoms in total. The highest BCUT2D eigenvalue weighted by Crippen LogP contribution is 2.42. The topological polar surface area (TPSA) is 0 Å². The van der Waals surface area contributed by atoms with Crippen LogP contribution in [0.4, 0.5) is 0 Å². The van der Waals surface area contributed by atoms with E-state index in [-0.39, 0.29) is 0 Å². The summed E-state index contributed by atoms with van der Waals surface area (Å²) in [5, 5.41) is 0. The molecule has 104 valence electrons. The van der Waals surface area contributed by atoms with Crippen molar-refractivity contribution in [2.45, 2.75) is 92.9 Å². The van der Waals surface area contributed by atoms with E-state index in [1.54, 1.807) is 0 Å². The van der Waals surface area contributed by atoms with Crippen molar-refractivity contribution in [2.75, 3.05) is 0 Å². The molecule has 0 aromatic heterocycles. The highest BCUT2D eigenvalue weighted by atomic mass is 14.4. The first-order valence-electron chi connectivity index (χ1n) is 7.98. The summed E-state index contributed by atoms with van der Waals surface area (Å²) in [5.74, 6) is 1.70. The molecule has 1 atom stereocenters. The van der Waals surface area contributed by atoms with Crippen molar-refractivity contribution in [3.63, 3.8) is 0 Å². The first-order chi connectivity index (χ1) is 7.98. The molecule has 0 saturated heterocycles. The van der Waals surface area contributed by atoms with Gasteiger partial charge in [0.25, 0.3) is 0 Å². The molecule has 0 aliphatic rings. The van der Waals surface area contributed by atoms with Crippen LogP contribution in [0.25, 0.3) is 0 Å². The lowest BCUT2D eigenvalue weighted by atomic mass is 9.67. The van der Waals surface area contributed by atoms with Crippen LogP contribution in [0.5, 0.6) is 0 Å². The van der Waals surface area contributed by atoms with Gasteiger partial charge in [-0.1, -0.05) is 80.1 Å². The van der Waals surface area contributed by atoms with Crippen molar-refractivity contribution in [3.05, 3.63) is 0 Å². The zero-order valence-electron chi connectivity index (χ0n) is 13.3. The third-order valence-corrected chi connectivity index (χ3v) is 4.68. The van der Waals surface area contributed by atoms with Crippen LogP contribution in [0, 0.1) is 17.3 Å². The maximum absolute atomic E-state index is 2.43. The Hall–Kier alpha value is 0. The summed E-state index contributed by atoms with van der Waals surface area (Å²) >= 11 is 0. The molecular formula is C17H36. The molecule has 0 N–H and O–H groups in total. The van der Waals surface area contributed by atoms with E-state index in [0.717, 1.165) is 11.8 Å². The van der Waals surface area contributed by atoms with Gasteiger partial charge in [-0.05, 0) is 30.1 Å². The fourth-order valence-electron chi connectivity index (χ4n) is 2.94. The minimum atomic E-state index is 0.623. The van der Waals surface area contributed by atoms with Crippen molar-refractivity contribution in [3.8, 4) is 0 Å². The third kappa shape index (κ3) is 6.48. The molecule has 0 heterocycles. The molecule has 1 unspecified atom stereocenters. The van der Waals surface area contributed by atoms with Crippen molar-refractivity contribution in [2.24, 2.45) is 17.3 Å². The average molecular weight is 240 g/mol. The zero-order valence-corrected chi connectivity index (χ0v) is 13.3. The Morgan fingerprint density at radius 3 is 1.88 bits per heavy atom. The van der Waals surface area contributed by atoms with Crippen LogP contribution < -0.4 is 0 Å². The molecule has 0 heteroatoms. The van der Waals surface area contributed by atoms with Gasteiger partial charge in [-0.25, -0.2) is 0 Å². The van der Waals surface area contributed by atoms with Crippen molar-refractivity contribution in [1.82, 2.24) is 0 Å². The van der Waals surface area contributed by atoms with Crippen molar-refractivity contribution < 1.29 is 0 Å². The molecule has 0 bridgehead atoms. The SMILES string of the molecule is CCCCCCC(CC)(CCC(C)C)C(C)C. The smallest absolute Gasteiger partial charge is 0.0277 e. The summed E-state index contributed by atoms with van der Waals surface area (Å²) in [5.41, 5.74) is 0.623. The highest BCUT2D eigenvalue weighted by Gasteiger charge is 2.30. The molecule has 0 radical (unpaired) electrons. The summed E-state index contributed by atoms with van der Waals surface area (Å²) in [4.78, 5) is 0. The van der Waals surface area contributed by atoms with E-state index < -0.39 is 0 Å². The third-order valence-electron chi connectivity index (χ3n) is 4.68. The van der Waals surface area contributed by atoms with Crippen molar-refractivity contribution >= 4 is 0 Å². The molecule has 0 spiro atoms. The second-order valence-corrected chi connectivity index (χ2v) is 6.61.